The molecule has 0 saturated heterocycles. The second-order valence-electron chi connectivity index (χ2n) is 5.97. The number of furan rings is 1. The molecule has 2 aromatic heterocycles. The first-order valence-corrected chi connectivity index (χ1v) is 8.72. The molecule has 0 spiro atoms. The van der Waals surface area contributed by atoms with Crippen LogP contribution in [0.4, 0.5) is 0 Å². The zero-order valence-electron chi connectivity index (χ0n) is 14.6. The van der Waals surface area contributed by atoms with E-state index in [0.717, 1.165) is 41.3 Å². The smallest absolute Gasteiger partial charge is 0.194 e. The van der Waals surface area contributed by atoms with Gasteiger partial charge in [-0.15, -0.1) is 0 Å². The summed E-state index contributed by atoms with van der Waals surface area (Å²) in [5, 5.41) is 3.41. The van der Waals surface area contributed by atoms with E-state index in [1.54, 1.807) is 6.26 Å². The van der Waals surface area contributed by atoms with Crippen LogP contribution in [-0.4, -0.2) is 35.6 Å². The van der Waals surface area contributed by atoms with Crippen LogP contribution in [0.2, 0.25) is 0 Å². The van der Waals surface area contributed by atoms with E-state index in [-0.39, 0.29) is 0 Å². The van der Waals surface area contributed by atoms with Gasteiger partial charge in [-0.05, 0) is 41.1 Å². The van der Waals surface area contributed by atoms with Crippen LogP contribution in [0.3, 0.4) is 0 Å². The minimum atomic E-state index is 0.615. The summed E-state index contributed by atoms with van der Waals surface area (Å²) in [6.07, 6.45) is 4.58. The Kier molecular flexibility index (Phi) is 6.73. The standard InChI is InChI=1S/C18H25BrN4O/c1-14(2)11-21-18(20-8-7-17-6-5-9-24-17)23(4)13-16-10-15(19)12-22(16)3/h5-6,9-10,12H,1,7-8,11,13H2,2-4H3,(H,20,21). The van der Waals surface area contributed by atoms with Gasteiger partial charge in [0.25, 0.3) is 0 Å². The summed E-state index contributed by atoms with van der Waals surface area (Å²) in [7, 11) is 4.08. The summed E-state index contributed by atoms with van der Waals surface area (Å²) in [6.45, 7) is 8.07. The van der Waals surface area contributed by atoms with Crippen molar-refractivity contribution >= 4 is 21.9 Å². The lowest BCUT2D eigenvalue weighted by molar-refractivity contribution is 0.456. The minimum Gasteiger partial charge on any atom is -0.469 e. The van der Waals surface area contributed by atoms with Crippen LogP contribution >= 0.6 is 15.9 Å². The third-order valence-electron chi connectivity index (χ3n) is 3.57. The van der Waals surface area contributed by atoms with E-state index in [9.17, 15) is 0 Å². The maximum atomic E-state index is 5.37. The van der Waals surface area contributed by atoms with E-state index in [0.29, 0.717) is 6.54 Å². The van der Waals surface area contributed by atoms with Crippen molar-refractivity contribution in [3.63, 3.8) is 0 Å². The lowest BCUT2D eigenvalue weighted by atomic mass is 10.3. The molecule has 0 saturated carbocycles. The van der Waals surface area contributed by atoms with Crippen molar-refractivity contribution in [1.82, 2.24) is 14.8 Å². The molecule has 24 heavy (non-hydrogen) atoms. The van der Waals surface area contributed by atoms with Gasteiger partial charge in [0.15, 0.2) is 5.96 Å². The molecule has 0 bridgehead atoms. The molecular formula is C18H25BrN4O. The number of halogens is 1. The highest BCUT2D eigenvalue weighted by Gasteiger charge is 2.10. The molecule has 0 aliphatic heterocycles. The number of rotatable bonds is 7. The molecule has 2 rings (SSSR count). The monoisotopic (exact) mass is 392 g/mol. The fourth-order valence-corrected chi connectivity index (χ4v) is 2.89. The van der Waals surface area contributed by atoms with E-state index < -0.39 is 0 Å². The van der Waals surface area contributed by atoms with Gasteiger partial charge in [0, 0.05) is 43.4 Å². The quantitative estimate of drug-likeness (QED) is 0.444. The molecule has 6 heteroatoms. The average molecular weight is 393 g/mol. The van der Waals surface area contributed by atoms with Crippen molar-refractivity contribution in [2.75, 3.05) is 20.1 Å². The zero-order valence-corrected chi connectivity index (χ0v) is 16.1. The Morgan fingerprint density at radius 2 is 2.29 bits per heavy atom. The summed E-state index contributed by atoms with van der Waals surface area (Å²) in [5.41, 5.74) is 2.25. The highest BCUT2D eigenvalue weighted by Crippen LogP contribution is 2.15. The Labute approximate surface area is 152 Å². The largest absolute Gasteiger partial charge is 0.469 e. The Bertz CT molecular complexity index is 688. The molecule has 2 heterocycles. The van der Waals surface area contributed by atoms with Crippen LogP contribution in [0.5, 0.6) is 0 Å². The number of hydrogen-bond acceptors (Lipinski definition) is 2. The van der Waals surface area contributed by atoms with Gasteiger partial charge in [-0.3, -0.25) is 0 Å². The van der Waals surface area contributed by atoms with Gasteiger partial charge < -0.3 is 19.2 Å². The summed E-state index contributed by atoms with van der Waals surface area (Å²) in [6, 6.07) is 6.01. The number of hydrogen-bond donors (Lipinski definition) is 1. The van der Waals surface area contributed by atoms with Crippen molar-refractivity contribution in [1.29, 1.82) is 0 Å². The van der Waals surface area contributed by atoms with Crippen molar-refractivity contribution in [3.05, 3.63) is 58.7 Å². The van der Waals surface area contributed by atoms with Gasteiger partial charge in [-0.1, -0.05) is 12.2 Å². The molecule has 1 N–H and O–H groups in total. The fraction of sp³-hybridized carbons (Fsp3) is 0.389. The molecule has 0 fully saturated rings. The molecule has 0 atom stereocenters. The summed E-state index contributed by atoms with van der Waals surface area (Å²) in [4.78, 5) is 6.77. The predicted molar refractivity (Wildman–Crippen MR) is 102 cm³/mol. The van der Waals surface area contributed by atoms with Crippen LogP contribution < -0.4 is 5.32 Å². The Morgan fingerprint density at radius 3 is 2.88 bits per heavy atom. The third kappa shape index (κ3) is 5.60. The summed E-state index contributed by atoms with van der Waals surface area (Å²) >= 11 is 3.52. The topological polar surface area (TPSA) is 45.7 Å². The molecule has 0 aliphatic carbocycles. The maximum absolute atomic E-state index is 5.37. The number of aryl methyl sites for hydroxylation is 1. The highest BCUT2D eigenvalue weighted by molar-refractivity contribution is 9.10. The zero-order chi connectivity index (χ0) is 17.5. The van der Waals surface area contributed by atoms with Crippen molar-refractivity contribution in [2.24, 2.45) is 12.0 Å². The summed E-state index contributed by atoms with van der Waals surface area (Å²) in [5.74, 6) is 1.83. The number of guanidine groups is 1. The normalized spacial score (nSPS) is 11.6. The van der Waals surface area contributed by atoms with Gasteiger partial charge in [-0.2, -0.15) is 0 Å². The number of nitrogens with one attached hydrogen (secondary N) is 1. The maximum Gasteiger partial charge on any atom is 0.194 e. The van der Waals surface area contributed by atoms with Crippen molar-refractivity contribution < 1.29 is 4.42 Å². The van der Waals surface area contributed by atoms with Crippen molar-refractivity contribution in [2.45, 2.75) is 19.9 Å². The van der Waals surface area contributed by atoms with Crippen LogP contribution in [0.25, 0.3) is 0 Å². The van der Waals surface area contributed by atoms with E-state index >= 15 is 0 Å². The van der Waals surface area contributed by atoms with Crippen molar-refractivity contribution in [3.8, 4) is 0 Å². The van der Waals surface area contributed by atoms with Crippen LogP contribution in [-0.2, 0) is 20.0 Å². The molecule has 0 amide bonds. The van der Waals surface area contributed by atoms with Crippen LogP contribution in [0.15, 0.2) is 56.7 Å². The first-order valence-electron chi connectivity index (χ1n) is 7.92. The second kappa shape index (κ2) is 8.78. The molecule has 0 radical (unpaired) electrons. The molecule has 0 aliphatic rings. The molecule has 2 aromatic rings. The molecule has 0 aromatic carbocycles. The Balaban J connectivity index is 1.99. The summed E-state index contributed by atoms with van der Waals surface area (Å²) < 4.78 is 8.57. The van der Waals surface area contributed by atoms with Gasteiger partial charge in [0.2, 0.25) is 0 Å². The lowest BCUT2D eigenvalue weighted by Gasteiger charge is -2.23. The molecule has 130 valence electrons. The number of aromatic nitrogens is 1. The van der Waals surface area contributed by atoms with E-state index in [4.69, 9.17) is 4.42 Å². The first-order chi connectivity index (χ1) is 11.5. The fourth-order valence-electron chi connectivity index (χ4n) is 2.31. The predicted octanol–water partition coefficient (Wildman–Crippen LogP) is 3.58. The van der Waals surface area contributed by atoms with Gasteiger partial charge in [0.05, 0.1) is 19.4 Å². The Hall–Kier alpha value is -1.95. The van der Waals surface area contributed by atoms with Crippen LogP contribution in [0, 0.1) is 0 Å². The van der Waals surface area contributed by atoms with E-state index in [2.05, 4.69) is 54.5 Å². The average Bonchev–Trinajstić information content (AvgIpc) is 3.12. The molecule has 0 unspecified atom stereocenters. The van der Waals surface area contributed by atoms with Gasteiger partial charge >= 0.3 is 0 Å². The third-order valence-corrected chi connectivity index (χ3v) is 4.00. The highest BCUT2D eigenvalue weighted by atomic mass is 79.9. The van der Waals surface area contributed by atoms with Gasteiger partial charge in [-0.25, -0.2) is 4.99 Å². The van der Waals surface area contributed by atoms with Crippen LogP contribution in [0.1, 0.15) is 18.4 Å². The first kappa shape index (κ1) is 18.4. The number of aliphatic imine (C=N–C) groups is 1. The second-order valence-corrected chi connectivity index (χ2v) is 6.89. The lowest BCUT2D eigenvalue weighted by Crippen LogP contribution is -2.40. The molecule has 5 nitrogen and oxygen atoms in total. The van der Waals surface area contributed by atoms with E-state index in [1.807, 2.05) is 33.2 Å². The SMILES string of the molecule is C=C(C)CN=C(NCCc1ccco1)N(C)Cc1cc(Br)cn1C. The van der Waals surface area contributed by atoms with E-state index in [1.165, 1.54) is 5.69 Å². The minimum absolute atomic E-state index is 0.615. The Morgan fingerprint density at radius 1 is 1.50 bits per heavy atom. The number of nitrogens with zero attached hydrogens (tertiary/aromatic N) is 3. The molecular weight excluding hydrogens is 368 g/mol. The van der Waals surface area contributed by atoms with Gasteiger partial charge in [0.1, 0.15) is 5.76 Å².